The molecule has 1 amide bonds. The first kappa shape index (κ1) is 19.9. The Morgan fingerprint density at radius 2 is 1.69 bits per heavy atom. The molecular weight excluding hydrogens is 411 g/mol. The van der Waals surface area contributed by atoms with E-state index in [1.807, 2.05) is 23.1 Å². The number of hydrogen-bond donors (Lipinski definition) is 1. The zero-order valence-corrected chi connectivity index (χ0v) is 17.2. The summed E-state index contributed by atoms with van der Waals surface area (Å²) in [4.78, 5) is 36.3. The number of hydrogen-bond acceptors (Lipinski definition) is 4. The second-order valence-electron chi connectivity index (χ2n) is 7.06. The fourth-order valence-electron chi connectivity index (χ4n) is 3.54. The average molecular weight is 431 g/mol. The lowest BCUT2D eigenvalue weighted by Crippen LogP contribution is -2.49. The van der Waals surface area contributed by atoms with Crippen molar-refractivity contribution in [3.63, 3.8) is 0 Å². The number of amides is 1. The van der Waals surface area contributed by atoms with Crippen molar-refractivity contribution >= 4 is 40.0 Å². The van der Waals surface area contributed by atoms with Gasteiger partial charge in [0.05, 0.1) is 23.9 Å². The van der Waals surface area contributed by atoms with Gasteiger partial charge in [0, 0.05) is 36.2 Å². The maximum atomic E-state index is 12.7. The largest absolute Gasteiger partial charge is 0.340 e. The number of nitrogens with one attached hydrogen (secondary N) is 1. The predicted octanol–water partition coefficient (Wildman–Crippen LogP) is 3.12. The average Bonchev–Trinajstić information content (AvgIpc) is 2.71. The number of piperazine rings is 1. The molecule has 2 aromatic carbocycles. The summed E-state index contributed by atoms with van der Waals surface area (Å²) >= 11 is 12.4. The van der Waals surface area contributed by atoms with Crippen molar-refractivity contribution in [3.05, 3.63) is 74.3 Å². The number of carbonyl (C=O) groups is 1. The lowest BCUT2D eigenvalue weighted by atomic mass is 10.1. The Kier molecular flexibility index (Phi) is 5.85. The van der Waals surface area contributed by atoms with E-state index in [1.54, 1.807) is 24.3 Å². The molecule has 0 atom stereocenters. The minimum absolute atomic E-state index is 0.0110. The fraction of sp³-hybridized carbons (Fsp3) is 0.286. The van der Waals surface area contributed by atoms with Gasteiger partial charge in [0.2, 0.25) is 5.91 Å². The summed E-state index contributed by atoms with van der Waals surface area (Å²) in [5.41, 5.74) is 1.23. The zero-order chi connectivity index (χ0) is 20.4. The van der Waals surface area contributed by atoms with Crippen LogP contribution in [0.25, 0.3) is 10.9 Å². The normalized spacial score (nSPS) is 15.0. The summed E-state index contributed by atoms with van der Waals surface area (Å²) in [5, 5.41) is 1.61. The molecule has 0 saturated carbocycles. The molecule has 1 aliphatic heterocycles. The number of H-pyrrole nitrogens is 1. The van der Waals surface area contributed by atoms with E-state index in [4.69, 9.17) is 23.2 Å². The van der Waals surface area contributed by atoms with Gasteiger partial charge < -0.3 is 9.88 Å². The second kappa shape index (κ2) is 8.53. The van der Waals surface area contributed by atoms with Gasteiger partial charge >= 0.3 is 0 Å². The molecule has 8 heteroatoms. The summed E-state index contributed by atoms with van der Waals surface area (Å²) in [7, 11) is 0. The molecule has 1 saturated heterocycles. The van der Waals surface area contributed by atoms with Gasteiger partial charge in [-0.15, -0.1) is 0 Å². The number of para-hydroxylation sites is 1. The number of aromatic amines is 1. The van der Waals surface area contributed by atoms with Crippen LogP contribution in [-0.2, 0) is 17.8 Å². The van der Waals surface area contributed by atoms with Crippen LogP contribution in [0.1, 0.15) is 11.4 Å². The molecule has 1 N–H and O–H groups in total. The minimum atomic E-state index is -0.129. The van der Waals surface area contributed by atoms with Gasteiger partial charge in [-0.25, -0.2) is 4.98 Å². The number of fused-ring (bicyclic) bond motifs is 1. The lowest BCUT2D eigenvalue weighted by Gasteiger charge is -2.34. The Labute approximate surface area is 178 Å². The van der Waals surface area contributed by atoms with Gasteiger partial charge in [0.1, 0.15) is 5.82 Å². The first-order valence-electron chi connectivity index (χ1n) is 9.42. The van der Waals surface area contributed by atoms with Crippen molar-refractivity contribution in [1.82, 2.24) is 19.8 Å². The molecule has 0 bridgehead atoms. The van der Waals surface area contributed by atoms with Crippen LogP contribution in [0, 0.1) is 0 Å². The number of carbonyl (C=O) groups excluding carboxylic acids is 1. The number of aromatic nitrogens is 2. The first-order chi connectivity index (χ1) is 14.0. The zero-order valence-electron chi connectivity index (χ0n) is 15.7. The number of nitrogens with zero attached hydrogens (tertiary/aromatic N) is 3. The van der Waals surface area contributed by atoms with Crippen LogP contribution in [0.5, 0.6) is 0 Å². The van der Waals surface area contributed by atoms with Gasteiger partial charge in [-0.1, -0.05) is 41.4 Å². The Hall–Kier alpha value is -2.41. The molecular formula is C21H20Cl2N4O2. The summed E-state index contributed by atoms with van der Waals surface area (Å²) < 4.78 is 0. The Balaban J connectivity index is 1.37. The molecule has 150 valence electrons. The maximum Gasteiger partial charge on any atom is 0.258 e. The van der Waals surface area contributed by atoms with Gasteiger partial charge in [0.25, 0.3) is 5.56 Å². The Morgan fingerprint density at radius 1 is 1.00 bits per heavy atom. The second-order valence-corrected chi connectivity index (χ2v) is 7.88. The molecule has 1 aliphatic rings. The number of halogens is 2. The molecule has 0 spiro atoms. The first-order valence-corrected chi connectivity index (χ1v) is 10.2. The van der Waals surface area contributed by atoms with Crippen molar-refractivity contribution in [2.45, 2.75) is 13.0 Å². The van der Waals surface area contributed by atoms with E-state index in [2.05, 4.69) is 14.9 Å². The summed E-state index contributed by atoms with van der Waals surface area (Å²) in [6.45, 7) is 3.17. The van der Waals surface area contributed by atoms with Crippen LogP contribution in [0.4, 0.5) is 0 Å². The standard InChI is InChI=1S/C21H20Cl2N4O2/c22-16-5-3-6-17(23)15(16)12-20(28)27-10-8-26(9-11-27)13-19-24-18-7-2-1-4-14(18)21(29)25-19/h1-7H,8-13H2,(H,24,25,29). The van der Waals surface area contributed by atoms with Crippen molar-refractivity contribution in [2.24, 2.45) is 0 Å². The van der Waals surface area contributed by atoms with Crippen LogP contribution in [-0.4, -0.2) is 51.9 Å². The van der Waals surface area contributed by atoms with Crippen LogP contribution >= 0.6 is 23.2 Å². The highest BCUT2D eigenvalue weighted by Crippen LogP contribution is 2.25. The van der Waals surface area contributed by atoms with E-state index in [0.717, 1.165) is 0 Å². The third-order valence-electron chi connectivity index (χ3n) is 5.15. The van der Waals surface area contributed by atoms with Crippen molar-refractivity contribution in [3.8, 4) is 0 Å². The quantitative estimate of drug-likeness (QED) is 0.690. The predicted molar refractivity (Wildman–Crippen MR) is 114 cm³/mol. The van der Waals surface area contributed by atoms with E-state index < -0.39 is 0 Å². The summed E-state index contributed by atoms with van der Waals surface area (Å²) in [5.74, 6) is 0.646. The summed E-state index contributed by atoms with van der Waals surface area (Å²) in [6, 6.07) is 12.5. The van der Waals surface area contributed by atoms with Crippen molar-refractivity contribution < 1.29 is 4.79 Å². The van der Waals surface area contributed by atoms with E-state index in [-0.39, 0.29) is 17.9 Å². The van der Waals surface area contributed by atoms with Crippen LogP contribution in [0.3, 0.4) is 0 Å². The van der Waals surface area contributed by atoms with E-state index >= 15 is 0 Å². The molecule has 1 fully saturated rings. The highest BCUT2D eigenvalue weighted by molar-refractivity contribution is 6.36. The topological polar surface area (TPSA) is 69.3 Å². The molecule has 0 unspecified atom stereocenters. The number of benzene rings is 2. The Morgan fingerprint density at radius 3 is 2.41 bits per heavy atom. The van der Waals surface area contributed by atoms with Crippen LogP contribution in [0.15, 0.2) is 47.3 Å². The van der Waals surface area contributed by atoms with Gasteiger partial charge in [0.15, 0.2) is 0 Å². The molecule has 2 heterocycles. The van der Waals surface area contributed by atoms with E-state index in [9.17, 15) is 9.59 Å². The lowest BCUT2D eigenvalue weighted by molar-refractivity contribution is -0.132. The number of rotatable bonds is 4. The van der Waals surface area contributed by atoms with Crippen LogP contribution in [0.2, 0.25) is 10.0 Å². The fourth-order valence-corrected chi connectivity index (χ4v) is 4.07. The van der Waals surface area contributed by atoms with Crippen molar-refractivity contribution in [2.75, 3.05) is 26.2 Å². The van der Waals surface area contributed by atoms with Gasteiger partial charge in [-0.3, -0.25) is 14.5 Å². The van der Waals surface area contributed by atoms with Crippen molar-refractivity contribution in [1.29, 1.82) is 0 Å². The Bertz CT molecular complexity index is 1090. The minimum Gasteiger partial charge on any atom is -0.340 e. The maximum absolute atomic E-state index is 12.7. The van der Waals surface area contributed by atoms with Gasteiger partial charge in [-0.05, 0) is 29.8 Å². The van der Waals surface area contributed by atoms with E-state index in [0.29, 0.717) is 65.1 Å². The third kappa shape index (κ3) is 4.45. The molecule has 4 rings (SSSR count). The smallest absolute Gasteiger partial charge is 0.258 e. The van der Waals surface area contributed by atoms with E-state index in [1.165, 1.54) is 0 Å². The highest BCUT2D eigenvalue weighted by Gasteiger charge is 2.23. The summed E-state index contributed by atoms with van der Waals surface area (Å²) in [6.07, 6.45) is 0.193. The molecule has 0 aliphatic carbocycles. The third-order valence-corrected chi connectivity index (χ3v) is 5.86. The van der Waals surface area contributed by atoms with Crippen LogP contribution < -0.4 is 5.56 Å². The molecule has 3 aromatic rings. The monoisotopic (exact) mass is 430 g/mol. The SMILES string of the molecule is O=C(Cc1c(Cl)cccc1Cl)N1CCN(Cc2nc3ccccc3c(=O)[nH]2)CC1. The van der Waals surface area contributed by atoms with Gasteiger partial charge in [-0.2, -0.15) is 0 Å². The molecule has 29 heavy (non-hydrogen) atoms. The highest BCUT2D eigenvalue weighted by atomic mass is 35.5. The molecule has 6 nitrogen and oxygen atoms in total. The molecule has 1 aromatic heterocycles. The molecule has 0 radical (unpaired) electrons.